The van der Waals surface area contributed by atoms with Gasteiger partial charge >= 0.3 is 24.0 Å². The first-order valence-electron chi connectivity index (χ1n) is 4.59. The van der Waals surface area contributed by atoms with Crippen molar-refractivity contribution < 1.29 is 28.9 Å². The van der Waals surface area contributed by atoms with E-state index in [1.807, 2.05) is 0 Å². The summed E-state index contributed by atoms with van der Waals surface area (Å²) in [5.41, 5.74) is 17.8. The number of hydroxylamine groups is 2. The van der Waals surface area contributed by atoms with Crippen LogP contribution in [0, 0.1) is 0 Å². The molecule has 102 valence electrons. The molecule has 0 saturated heterocycles. The van der Waals surface area contributed by atoms with Gasteiger partial charge in [-0.15, -0.1) is 0 Å². The van der Waals surface area contributed by atoms with Gasteiger partial charge in [-0.3, -0.25) is 0 Å². The normalized spacial score (nSPS) is 10.9. The van der Waals surface area contributed by atoms with Gasteiger partial charge in [0, 0.05) is 0 Å². The topological polar surface area (TPSA) is 189 Å². The second-order valence-electron chi connectivity index (χ2n) is 2.97. The molecule has 4 amide bonds. The lowest BCUT2D eigenvalue weighted by Gasteiger charge is -2.09. The summed E-state index contributed by atoms with van der Waals surface area (Å²) in [6, 6.07) is -3.28. The van der Waals surface area contributed by atoms with Crippen molar-refractivity contribution in [2.24, 2.45) is 17.2 Å². The van der Waals surface area contributed by atoms with Crippen LogP contribution in [0.25, 0.3) is 0 Å². The molecule has 0 aromatic carbocycles. The molecule has 0 spiro atoms. The molecule has 0 radical (unpaired) electrons. The highest BCUT2D eigenvalue weighted by Gasteiger charge is 2.18. The van der Waals surface area contributed by atoms with E-state index in [0.717, 1.165) is 0 Å². The number of nitrogens with one attached hydrogen (secondary N) is 2. The maximum atomic E-state index is 11.1. The number of urea groups is 2. The first kappa shape index (κ1) is 15.4. The zero-order valence-electron chi connectivity index (χ0n) is 9.17. The maximum Gasteiger partial charge on any atom is 0.348 e. The fraction of sp³-hybridized carbons (Fsp3) is 0.429. The quantitative estimate of drug-likeness (QED) is 0.342. The zero-order chi connectivity index (χ0) is 14.1. The van der Waals surface area contributed by atoms with Crippen LogP contribution in [-0.2, 0) is 19.3 Å². The van der Waals surface area contributed by atoms with Gasteiger partial charge in [-0.2, -0.15) is 11.0 Å². The van der Waals surface area contributed by atoms with Gasteiger partial charge in [-0.25, -0.2) is 19.2 Å². The lowest BCUT2D eigenvalue weighted by Crippen LogP contribution is -2.40. The van der Waals surface area contributed by atoms with E-state index in [1.54, 1.807) is 11.0 Å². The third-order valence-electron chi connectivity index (χ3n) is 1.48. The molecule has 8 N–H and O–H groups in total. The summed E-state index contributed by atoms with van der Waals surface area (Å²) in [4.78, 5) is 50.7. The summed E-state index contributed by atoms with van der Waals surface area (Å²) in [7, 11) is 0. The summed E-state index contributed by atoms with van der Waals surface area (Å²) in [5.74, 6) is -1.83. The number of hydrogen-bond donors (Lipinski definition) is 5. The number of hydrogen-bond acceptors (Lipinski definition) is 7. The molecule has 0 aliphatic carbocycles. The number of amides is 4. The highest BCUT2D eigenvalue weighted by atomic mass is 16.7. The molecule has 0 rings (SSSR count). The molecular formula is C7H13N5O6. The average Bonchev–Trinajstić information content (AvgIpc) is 2.30. The van der Waals surface area contributed by atoms with Crippen LogP contribution in [0.5, 0.6) is 0 Å². The summed E-state index contributed by atoms with van der Waals surface area (Å²) >= 11 is 0. The maximum absolute atomic E-state index is 11.1. The fourth-order valence-corrected chi connectivity index (χ4v) is 0.726. The number of nitrogens with two attached hydrogens (primary N) is 3. The van der Waals surface area contributed by atoms with Crippen LogP contribution in [0.15, 0.2) is 0 Å². The van der Waals surface area contributed by atoms with Crippen molar-refractivity contribution in [2.75, 3.05) is 0 Å². The van der Waals surface area contributed by atoms with Crippen molar-refractivity contribution in [3.63, 3.8) is 0 Å². The van der Waals surface area contributed by atoms with E-state index < -0.39 is 30.0 Å². The lowest BCUT2D eigenvalue weighted by atomic mass is 10.2. The standard InChI is InChI=1S/C7H13N5O6/c8-3(5(14)18-12-7(10)16)1-2-4(13)17-11-6(9)15/h3H,1-2,8H2,(H3,9,11,15)(H3,10,12,16)/t3-/m0/s1. The van der Waals surface area contributed by atoms with E-state index in [2.05, 4.69) is 21.1 Å². The average molecular weight is 263 g/mol. The van der Waals surface area contributed by atoms with Crippen LogP contribution in [0.3, 0.4) is 0 Å². The van der Waals surface area contributed by atoms with Crippen LogP contribution in [0.2, 0.25) is 0 Å². The summed E-state index contributed by atoms with van der Waals surface area (Å²) in [6.07, 6.45) is -0.397. The van der Waals surface area contributed by atoms with Crippen LogP contribution in [0.1, 0.15) is 12.8 Å². The molecule has 1 atom stereocenters. The summed E-state index contributed by atoms with van der Waals surface area (Å²) < 4.78 is 0. The predicted octanol–water partition coefficient (Wildman–Crippen LogP) is -2.65. The molecule has 11 nitrogen and oxygen atoms in total. The van der Waals surface area contributed by atoms with Crippen molar-refractivity contribution in [1.29, 1.82) is 0 Å². The third kappa shape index (κ3) is 7.70. The van der Waals surface area contributed by atoms with Gasteiger partial charge < -0.3 is 26.9 Å². The van der Waals surface area contributed by atoms with Gasteiger partial charge in [-0.1, -0.05) is 0 Å². The van der Waals surface area contributed by atoms with Gasteiger partial charge in [0.25, 0.3) is 0 Å². The lowest BCUT2D eigenvalue weighted by molar-refractivity contribution is -0.152. The third-order valence-corrected chi connectivity index (χ3v) is 1.48. The molecule has 0 aliphatic heterocycles. The smallest absolute Gasteiger partial charge is 0.348 e. The minimum Gasteiger partial charge on any atom is -0.349 e. The van der Waals surface area contributed by atoms with Gasteiger partial charge in [-0.05, 0) is 6.42 Å². The van der Waals surface area contributed by atoms with Gasteiger partial charge in [0.15, 0.2) is 0 Å². The van der Waals surface area contributed by atoms with Crippen molar-refractivity contribution in [3.8, 4) is 0 Å². The second-order valence-corrected chi connectivity index (χ2v) is 2.97. The number of carbonyl (C=O) groups is 4. The minimum atomic E-state index is -1.17. The van der Waals surface area contributed by atoms with Crippen molar-refractivity contribution in [2.45, 2.75) is 18.9 Å². The largest absolute Gasteiger partial charge is 0.349 e. The molecule has 0 aliphatic rings. The highest BCUT2D eigenvalue weighted by molar-refractivity contribution is 5.79. The van der Waals surface area contributed by atoms with Crippen molar-refractivity contribution in [3.05, 3.63) is 0 Å². The molecule has 0 heterocycles. The van der Waals surface area contributed by atoms with Crippen molar-refractivity contribution >= 4 is 24.0 Å². The number of primary amides is 2. The Kier molecular flexibility index (Phi) is 6.58. The van der Waals surface area contributed by atoms with Gasteiger partial charge in [0.1, 0.15) is 6.04 Å². The van der Waals surface area contributed by atoms with Crippen LogP contribution >= 0.6 is 0 Å². The summed E-state index contributed by atoms with van der Waals surface area (Å²) in [6.45, 7) is 0. The predicted molar refractivity (Wildman–Crippen MR) is 54.8 cm³/mol. The van der Waals surface area contributed by atoms with E-state index in [-0.39, 0.29) is 12.8 Å². The Bertz CT molecular complexity index is 345. The SMILES string of the molecule is NC(=O)NOC(=O)CC[C@H](N)C(=O)ONC(N)=O. The minimum absolute atomic E-state index is 0.126. The first-order chi connectivity index (χ1) is 8.32. The Morgan fingerprint density at radius 2 is 1.50 bits per heavy atom. The Morgan fingerprint density at radius 1 is 1.00 bits per heavy atom. The van der Waals surface area contributed by atoms with E-state index in [9.17, 15) is 19.2 Å². The van der Waals surface area contributed by atoms with Gasteiger partial charge in [0.2, 0.25) is 0 Å². The molecule has 0 saturated carbocycles. The van der Waals surface area contributed by atoms with E-state index in [1.165, 1.54) is 0 Å². The molecule has 0 fully saturated rings. The van der Waals surface area contributed by atoms with Crippen molar-refractivity contribution in [1.82, 2.24) is 11.0 Å². The van der Waals surface area contributed by atoms with Gasteiger partial charge in [0.05, 0.1) is 6.42 Å². The molecule has 11 heteroatoms. The first-order valence-corrected chi connectivity index (χ1v) is 4.59. The monoisotopic (exact) mass is 263 g/mol. The van der Waals surface area contributed by atoms with E-state index >= 15 is 0 Å². The molecule has 0 bridgehead atoms. The molecule has 0 aromatic rings. The highest BCUT2D eigenvalue weighted by Crippen LogP contribution is 1.97. The van der Waals surface area contributed by atoms with E-state index in [0.29, 0.717) is 0 Å². The van der Waals surface area contributed by atoms with E-state index in [4.69, 9.17) is 5.73 Å². The number of carbonyl (C=O) groups excluding carboxylic acids is 4. The van der Waals surface area contributed by atoms with Crippen LogP contribution < -0.4 is 28.2 Å². The number of rotatable bonds is 4. The molecule has 18 heavy (non-hydrogen) atoms. The molecule has 0 unspecified atom stereocenters. The Morgan fingerprint density at radius 3 is 2.00 bits per heavy atom. The molecular weight excluding hydrogens is 250 g/mol. The zero-order valence-corrected chi connectivity index (χ0v) is 9.17. The fourth-order valence-electron chi connectivity index (χ4n) is 0.726. The Labute approximate surface area is 101 Å². The van der Waals surface area contributed by atoms with Crippen LogP contribution in [0.4, 0.5) is 9.59 Å². The second kappa shape index (κ2) is 7.67. The Hall–Kier alpha value is -2.56. The van der Waals surface area contributed by atoms with Crippen LogP contribution in [-0.4, -0.2) is 30.0 Å². The summed E-state index contributed by atoms with van der Waals surface area (Å²) in [5, 5.41) is 0. The molecule has 0 aromatic heterocycles. The Balaban J connectivity index is 3.84.